The second-order valence-electron chi connectivity index (χ2n) is 6.89. The van der Waals surface area contributed by atoms with Crippen LogP contribution in [-0.4, -0.2) is 25.6 Å². The summed E-state index contributed by atoms with van der Waals surface area (Å²) in [5.74, 6) is 0.932. The summed E-state index contributed by atoms with van der Waals surface area (Å²) in [5.41, 5.74) is 4.16. The van der Waals surface area contributed by atoms with Crippen molar-refractivity contribution in [3.8, 4) is 11.3 Å². The predicted molar refractivity (Wildman–Crippen MR) is 101 cm³/mol. The minimum absolute atomic E-state index is 0.543. The van der Waals surface area contributed by atoms with E-state index in [9.17, 15) is 0 Å². The highest BCUT2D eigenvalue weighted by Gasteiger charge is 2.14. The third-order valence-electron chi connectivity index (χ3n) is 5.17. The molecule has 2 N–H and O–H groups in total. The molecule has 126 valence electrons. The number of hydrogen-bond acceptors (Lipinski definition) is 3. The van der Waals surface area contributed by atoms with E-state index in [1.165, 1.54) is 37.5 Å². The number of rotatable bonds is 3. The molecule has 0 saturated heterocycles. The lowest BCUT2D eigenvalue weighted by atomic mass is 9.95. The van der Waals surface area contributed by atoms with E-state index in [4.69, 9.17) is 5.10 Å². The van der Waals surface area contributed by atoms with Crippen molar-refractivity contribution in [2.24, 2.45) is 0 Å². The number of nitrogens with one attached hydrogen (secondary N) is 2. The van der Waals surface area contributed by atoms with Gasteiger partial charge in [-0.25, -0.2) is 9.50 Å². The van der Waals surface area contributed by atoms with Gasteiger partial charge in [-0.15, -0.1) is 5.10 Å². The Hall–Kier alpha value is -2.82. The molecule has 0 unspecified atom stereocenters. The average molecular weight is 331 g/mol. The number of aromatic nitrogens is 4. The summed E-state index contributed by atoms with van der Waals surface area (Å²) in [6.45, 7) is 0. The van der Waals surface area contributed by atoms with Crippen molar-refractivity contribution in [1.82, 2.24) is 19.6 Å². The summed E-state index contributed by atoms with van der Waals surface area (Å²) in [7, 11) is 0. The van der Waals surface area contributed by atoms with E-state index in [1.54, 1.807) is 0 Å². The number of nitrogens with zero attached hydrogens (tertiary/aromatic N) is 3. The van der Waals surface area contributed by atoms with Crippen LogP contribution in [0.2, 0.25) is 0 Å². The molecule has 0 atom stereocenters. The van der Waals surface area contributed by atoms with Gasteiger partial charge in [-0.3, -0.25) is 0 Å². The smallest absolute Gasteiger partial charge is 0.154 e. The van der Waals surface area contributed by atoms with Crippen molar-refractivity contribution < 1.29 is 0 Å². The summed E-state index contributed by atoms with van der Waals surface area (Å²) in [6.07, 6.45) is 10.3. The SMILES string of the molecule is c1cc2cc(-c3cnc4ccc(NC5CCCCC5)nn34)ccc2[nH]1. The fraction of sp³-hybridized carbons (Fsp3) is 0.300. The summed E-state index contributed by atoms with van der Waals surface area (Å²) >= 11 is 0. The lowest BCUT2D eigenvalue weighted by Gasteiger charge is -2.23. The number of benzene rings is 1. The van der Waals surface area contributed by atoms with Gasteiger partial charge in [0.1, 0.15) is 5.82 Å². The Kier molecular flexibility index (Phi) is 3.44. The monoisotopic (exact) mass is 331 g/mol. The molecular formula is C20H21N5. The molecule has 4 aromatic rings. The zero-order valence-corrected chi connectivity index (χ0v) is 14.1. The van der Waals surface area contributed by atoms with Gasteiger partial charge in [0.2, 0.25) is 0 Å². The van der Waals surface area contributed by atoms with Gasteiger partial charge < -0.3 is 10.3 Å². The molecule has 0 bridgehead atoms. The van der Waals surface area contributed by atoms with Crippen LogP contribution in [0.3, 0.4) is 0 Å². The average Bonchev–Trinajstić information content (AvgIpc) is 3.28. The molecule has 1 aliphatic carbocycles. The summed E-state index contributed by atoms with van der Waals surface area (Å²) in [5, 5.41) is 9.61. The molecule has 3 heterocycles. The molecule has 0 amide bonds. The third-order valence-corrected chi connectivity index (χ3v) is 5.17. The Labute approximate surface area is 146 Å². The third kappa shape index (κ3) is 2.65. The lowest BCUT2D eigenvalue weighted by Crippen LogP contribution is -2.23. The maximum atomic E-state index is 4.81. The van der Waals surface area contributed by atoms with E-state index >= 15 is 0 Å². The standard InChI is InChI=1S/C20H21N5/c1-2-4-16(5-3-1)23-19-8-9-20-22-13-18(25(20)24-19)15-6-7-17-14(12-15)10-11-21-17/h6-13,16,21H,1-5H2,(H,23,24). The number of hydrogen-bond donors (Lipinski definition) is 2. The van der Waals surface area contributed by atoms with Crippen molar-refractivity contribution in [2.75, 3.05) is 5.32 Å². The highest BCUT2D eigenvalue weighted by molar-refractivity contribution is 5.84. The van der Waals surface area contributed by atoms with Crippen LogP contribution in [0, 0.1) is 0 Å². The first-order valence-electron chi connectivity index (χ1n) is 9.06. The number of fused-ring (bicyclic) bond motifs is 2. The summed E-state index contributed by atoms with van der Waals surface area (Å²) in [6, 6.07) is 13.1. The first-order chi connectivity index (χ1) is 12.4. The van der Waals surface area contributed by atoms with Gasteiger partial charge in [-0.05, 0) is 43.2 Å². The molecule has 0 spiro atoms. The van der Waals surface area contributed by atoms with E-state index < -0.39 is 0 Å². The van der Waals surface area contributed by atoms with Gasteiger partial charge in [-0.1, -0.05) is 25.3 Å². The van der Waals surface area contributed by atoms with Crippen molar-refractivity contribution >= 4 is 22.4 Å². The quantitative estimate of drug-likeness (QED) is 0.576. The van der Waals surface area contributed by atoms with Gasteiger partial charge >= 0.3 is 0 Å². The van der Waals surface area contributed by atoms with E-state index in [1.807, 2.05) is 29.0 Å². The second kappa shape index (κ2) is 5.92. The number of imidazole rings is 1. The minimum atomic E-state index is 0.543. The molecule has 1 aliphatic rings. The largest absolute Gasteiger partial charge is 0.366 e. The molecule has 1 fully saturated rings. The number of H-pyrrole nitrogens is 1. The predicted octanol–water partition coefficient (Wildman–Crippen LogP) is 4.62. The zero-order chi connectivity index (χ0) is 16.6. The molecule has 0 aliphatic heterocycles. The molecule has 1 saturated carbocycles. The first kappa shape index (κ1) is 14.5. The first-order valence-corrected chi connectivity index (χ1v) is 9.06. The van der Waals surface area contributed by atoms with Crippen LogP contribution in [0.4, 0.5) is 5.82 Å². The molecule has 0 radical (unpaired) electrons. The number of aromatic amines is 1. The molecule has 5 heteroatoms. The lowest BCUT2D eigenvalue weighted by molar-refractivity contribution is 0.461. The van der Waals surface area contributed by atoms with E-state index in [0.717, 1.165) is 28.2 Å². The fourth-order valence-electron chi connectivity index (χ4n) is 3.82. The van der Waals surface area contributed by atoms with Crippen molar-refractivity contribution in [2.45, 2.75) is 38.1 Å². The van der Waals surface area contributed by atoms with Crippen LogP contribution in [0.15, 0.2) is 48.8 Å². The van der Waals surface area contributed by atoms with Crippen LogP contribution < -0.4 is 5.32 Å². The maximum absolute atomic E-state index is 4.81. The summed E-state index contributed by atoms with van der Waals surface area (Å²) < 4.78 is 1.94. The van der Waals surface area contributed by atoms with E-state index in [0.29, 0.717) is 6.04 Å². The van der Waals surface area contributed by atoms with Gasteiger partial charge in [0.25, 0.3) is 0 Å². The fourth-order valence-corrected chi connectivity index (χ4v) is 3.82. The highest BCUT2D eigenvalue weighted by atomic mass is 15.3. The van der Waals surface area contributed by atoms with Crippen LogP contribution in [0.5, 0.6) is 0 Å². The second-order valence-corrected chi connectivity index (χ2v) is 6.89. The minimum Gasteiger partial charge on any atom is -0.366 e. The van der Waals surface area contributed by atoms with E-state index in [2.05, 4.69) is 39.6 Å². The molecule has 5 nitrogen and oxygen atoms in total. The Bertz CT molecular complexity index is 1020. The van der Waals surface area contributed by atoms with Gasteiger partial charge in [0.05, 0.1) is 11.9 Å². The highest BCUT2D eigenvalue weighted by Crippen LogP contribution is 2.26. The van der Waals surface area contributed by atoms with E-state index in [-0.39, 0.29) is 0 Å². The molecular weight excluding hydrogens is 310 g/mol. The Balaban J connectivity index is 1.53. The van der Waals surface area contributed by atoms with Crippen molar-refractivity contribution in [3.63, 3.8) is 0 Å². The topological polar surface area (TPSA) is 58.0 Å². The molecule has 5 rings (SSSR count). The molecule has 25 heavy (non-hydrogen) atoms. The molecule has 1 aromatic carbocycles. The van der Waals surface area contributed by atoms with Crippen molar-refractivity contribution in [3.05, 3.63) is 48.8 Å². The van der Waals surface area contributed by atoms with Crippen molar-refractivity contribution in [1.29, 1.82) is 0 Å². The Morgan fingerprint density at radius 1 is 1.04 bits per heavy atom. The van der Waals surface area contributed by atoms with Crippen LogP contribution in [0.25, 0.3) is 27.8 Å². The van der Waals surface area contributed by atoms with Crippen LogP contribution >= 0.6 is 0 Å². The molecule has 3 aromatic heterocycles. The van der Waals surface area contributed by atoms with Crippen LogP contribution in [0.1, 0.15) is 32.1 Å². The zero-order valence-electron chi connectivity index (χ0n) is 14.1. The van der Waals surface area contributed by atoms with Gasteiger partial charge in [-0.2, -0.15) is 0 Å². The van der Waals surface area contributed by atoms with Crippen LogP contribution in [-0.2, 0) is 0 Å². The Morgan fingerprint density at radius 2 is 1.96 bits per heavy atom. The normalized spacial score (nSPS) is 15.8. The number of anilines is 1. The Morgan fingerprint density at radius 3 is 2.88 bits per heavy atom. The van der Waals surface area contributed by atoms with Gasteiger partial charge in [0.15, 0.2) is 5.65 Å². The maximum Gasteiger partial charge on any atom is 0.154 e. The van der Waals surface area contributed by atoms with Gasteiger partial charge in [0, 0.05) is 28.7 Å². The summed E-state index contributed by atoms with van der Waals surface area (Å²) in [4.78, 5) is 7.75.